The highest BCUT2D eigenvalue weighted by Crippen LogP contribution is 2.07. The van der Waals surface area contributed by atoms with Crippen LogP contribution in [-0.4, -0.2) is 19.6 Å². The molecule has 0 amide bonds. The van der Waals surface area contributed by atoms with Crippen molar-refractivity contribution in [1.82, 2.24) is 19.6 Å². The van der Waals surface area contributed by atoms with Gasteiger partial charge in [-0.1, -0.05) is 0 Å². The SMILES string of the molecule is CCn1cc(NCc2ccnn2C)cn1. The first-order valence-corrected chi connectivity index (χ1v) is 5.03. The summed E-state index contributed by atoms with van der Waals surface area (Å²) in [5.74, 6) is 0. The van der Waals surface area contributed by atoms with E-state index in [1.165, 1.54) is 0 Å². The van der Waals surface area contributed by atoms with E-state index < -0.39 is 0 Å². The van der Waals surface area contributed by atoms with Crippen LogP contribution in [0, 0.1) is 0 Å². The highest BCUT2D eigenvalue weighted by Gasteiger charge is 1.99. The van der Waals surface area contributed by atoms with Gasteiger partial charge in [0.2, 0.25) is 0 Å². The number of hydrogen-bond donors (Lipinski definition) is 1. The Balaban J connectivity index is 1.96. The number of anilines is 1. The molecule has 0 fully saturated rings. The maximum Gasteiger partial charge on any atom is 0.0729 e. The van der Waals surface area contributed by atoms with Gasteiger partial charge in [0.05, 0.1) is 24.1 Å². The quantitative estimate of drug-likeness (QED) is 0.817. The monoisotopic (exact) mass is 205 g/mol. The third-order valence-electron chi connectivity index (χ3n) is 2.35. The summed E-state index contributed by atoms with van der Waals surface area (Å²) in [6.45, 7) is 3.73. The number of aromatic nitrogens is 4. The standard InChI is InChI=1S/C10H15N5/c1-3-15-8-9(6-13-15)11-7-10-4-5-12-14(10)2/h4-6,8,11H,3,7H2,1-2H3. The molecule has 5 nitrogen and oxygen atoms in total. The lowest BCUT2D eigenvalue weighted by Crippen LogP contribution is -2.04. The van der Waals surface area contributed by atoms with E-state index in [1.807, 2.05) is 34.9 Å². The number of aryl methyl sites for hydroxylation is 2. The van der Waals surface area contributed by atoms with Crippen molar-refractivity contribution in [3.8, 4) is 0 Å². The lowest BCUT2D eigenvalue weighted by atomic mass is 10.4. The molecule has 0 bridgehead atoms. The van der Waals surface area contributed by atoms with Crippen LogP contribution in [0.15, 0.2) is 24.7 Å². The van der Waals surface area contributed by atoms with Crippen molar-refractivity contribution in [2.75, 3.05) is 5.32 Å². The van der Waals surface area contributed by atoms with Gasteiger partial charge in [-0.25, -0.2) is 0 Å². The summed E-state index contributed by atoms with van der Waals surface area (Å²) in [7, 11) is 1.94. The van der Waals surface area contributed by atoms with Gasteiger partial charge in [-0.05, 0) is 13.0 Å². The Morgan fingerprint density at radius 1 is 1.40 bits per heavy atom. The molecule has 0 atom stereocenters. The Hall–Kier alpha value is -1.78. The fourth-order valence-corrected chi connectivity index (χ4v) is 1.40. The number of hydrogen-bond acceptors (Lipinski definition) is 3. The third kappa shape index (κ3) is 2.18. The van der Waals surface area contributed by atoms with Crippen LogP contribution in [0.3, 0.4) is 0 Å². The minimum absolute atomic E-state index is 0.770. The van der Waals surface area contributed by atoms with Crippen LogP contribution in [0.1, 0.15) is 12.6 Å². The highest BCUT2D eigenvalue weighted by molar-refractivity contribution is 5.38. The molecule has 0 aliphatic carbocycles. The normalized spacial score (nSPS) is 10.5. The molecule has 0 saturated heterocycles. The number of nitrogens with zero attached hydrogens (tertiary/aromatic N) is 4. The molecule has 0 aliphatic heterocycles. The molecule has 80 valence electrons. The molecule has 2 aromatic rings. The summed E-state index contributed by atoms with van der Waals surface area (Å²) < 4.78 is 3.75. The van der Waals surface area contributed by atoms with Gasteiger partial charge >= 0.3 is 0 Å². The fourth-order valence-electron chi connectivity index (χ4n) is 1.40. The highest BCUT2D eigenvalue weighted by atomic mass is 15.3. The van der Waals surface area contributed by atoms with E-state index in [1.54, 1.807) is 6.20 Å². The van der Waals surface area contributed by atoms with E-state index >= 15 is 0 Å². The van der Waals surface area contributed by atoms with Crippen LogP contribution in [0.5, 0.6) is 0 Å². The van der Waals surface area contributed by atoms with Gasteiger partial charge in [0, 0.05) is 26.0 Å². The minimum Gasteiger partial charge on any atom is -0.377 e. The number of rotatable bonds is 4. The molecule has 5 heteroatoms. The van der Waals surface area contributed by atoms with E-state index in [0.29, 0.717) is 0 Å². The van der Waals surface area contributed by atoms with Crippen molar-refractivity contribution in [3.63, 3.8) is 0 Å². The largest absolute Gasteiger partial charge is 0.377 e. The van der Waals surface area contributed by atoms with Crippen molar-refractivity contribution in [2.24, 2.45) is 7.05 Å². The fraction of sp³-hybridized carbons (Fsp3) is 0.400. The molecule has 1 N–H and O–H groups in total. The van der Waals surface area contributed by atoms with Crippen LogP contribution in [0.4, 0.5) is 5.69 Å². The topological polar surface area (TPSA) is 47.7 Å². The van der Waals surface area contributed by atoms with Crippen LogP contribution >= 0.6 is 0 Å². The Bertz CT molecular complexity index is 428. The van der Waals surface area contributed by atoms with Gasteiger partial charge in [-0.15, -0.1) is 0 Å². The van der Waals surface area contributed by atoms with Crippen molar-refractivity contribution in [2.45, 2.75) is 20.0 Å². The molecular weight excluding hydrogens is 190 g/mol. The summed E-state index contributed by atoms with van der Waals surface area (Å²) in [6, 6.07) is 2.00. The molecule has 0 aromatic carbocycles. The van der Waals surface area contributed by atoms with Gasteiger partial charge < -0.3 is 5.32 Å². The second-order valence-corrected chi connectivity index (χ2v) is 3.38. The smallest absolute Gasteiger partial charge is 0.0729 e. The molecular formula is C10H15N5. The van der Waals surface area contributed by atoms with Crippen LogP contribution in [0.25, 0.3) is 0 Å². The Labute approximate surface area is 88.7 Å². The van der Waals surface area contributed by atoms with E-state index in [4.69, 9.17) is 0 Å². The molecule has 15 heavy (non-hydrogen) atoms. The molecule has 2 heterocycles. The third-order valence-corrected chi connectivity index (χ3v) is 2.35. The van der Waals surface area contributed by atoms with Gasteiger partial charge in [-0.3, -0.25) is 9.36 Å². The van der Waals surface area contributed by atoms with Crippen LogP contribution < -0.4 is 5.32 Å². The average molecular weight is 205 g/mol. The van der Waals surface area contributed by atoms with Crippen molar-refractivity contribution >= 4 is 5.69 Å². The first-order chi connectivity index (χ1) is 7.29. The second-order valence-electron chi connectivity index (χ2n) is 3.38. The van der Waals surface area contributed by atoms with E-state index in [0.717, 1.165) is 24.5 Å². The van der Waals surface area contributed by atoms with Gasteiger partial charge in [-0.2, -0.15) is 10.2 Å². The zero-order chi connectivity index (χ0) is 10.7. The Morgan fingerprint density at radius 3 is 2.87 bits per heavy atom. The predicted octanol–water partition coefficient (Wildman–Crippen LogP) is 1.25. The molecule has 0 unspecified atom stereocenters. The summed E-state index contributed by atoms with van der Waals surface area (Å²) >= 11 is 0. The molecule has 0 radical (unpaired) electrons. The summed E-state index contributed by atoms with van der Waals surface area (Å²) in [4.78, 5) is 0. The molecule has 0 aliphatic rings. The summed E-state index contributed by atoms with van der Waals surface area (Å²) in [5, 5.41) is 11.6. The Morgan fingerprint density at radius 2 is 2.27 bits per heavy atom. The van der Waals surface area contributed by atoms with Gasteiger partial charge in [0.15, 0.2) is 0 Å². The van der Waals surface area contributed by atoms with Crippen molar-refractivity contribution in [3.05, 3.63) is 30.4 Å². The maximum absolute atomic E-state index is 4.19. The van der Waals surface area contributed by atoms with E-state index in [-0.39, 0.29) is 0 Å². The predicted molar refractivity (Wildman–Crippen MR) is 58.4 cm³/mol. The average Bonchev–Trinajstić information content (AvgIpc) is 2.84. The van der Waals surface area contributed by atoms with Crippen LogP contribution in [-0.2, 0) is 20.1 Å². The first kappa shape index (κ1) is 9.76. The van der Waals surface area contributed by atoms with Gasteiger partial charge in [0.1, 0.15) is 0 Å². The molecule has 2 rings (SSSR count). The van der Waals surface area contributed by atoms with Gasteiger partial charge in [0.25, 0.3) is 0 Å². The van der Waals surface area contributed by atoms with Crippen molar-refractivity contribution < 1.29 is 0 Å². The zero-order valence-electron chi connectivity index (χ0n) is 9.01. The lowest BCUT2D eigenvalue weighted by molar-refractivity contribution is 0.660. The molecule has 0 saturated carbocycles. The summed E-state index contributed by atoms with van der Waals surface area (Å²) in [5.41, 5.74) is 2.19. The minimum atomic E-state index is 0.770. The van der Waals surface area contributed by atoms with E-state index in [2.05, 4.69) is 22.4 Å². The second kappa shape index (κ2) is 4.16. The lowest BCUT2D eigenvalue weighted by Gasteiger charge is -2.03. The van der Waals surface area contributed by atoms with Crippen molar-refractivity contribution in [1.29, 1.82) is 0 Å². The first-order valence-electron chi connectivity index (χ1n) is 5.03. The molecule has 0 spiro atoms. The Kier molecular flexibility index (Phi) is 2.71. The maximum atomic E-state index is 4.19. The molecule has 2 aromatic heterocycles. The summed E-state index contributed by atoms with van der Waals surface area (Å²) in [6.07, 6.45) is 5.63. The number of nitrogens with one attached hydrogen (secondary N) is 1. The zero-order valence-corrected chi connectivity index (χ0v) is 9.01. The van der Waals surface area contributed by atoms with E-state index in [9.17, 15) is 0 Å². The van der Waals surface area contributed by atoms with Crippen LogP contribution in [0.2, 0.25) is 0 Å².